The van der Waals surface area contributed by atoms with Gasteiger partial charge in [-0.3, -0.25) is 4.98 Å². The summed E-state index contributed by atoms with van der Waals surface area (Å²) in [4.78, 5) is 6.94. The summed E-state index contributed by atoms with van der Waals surface area (Å²) in [5, 5.41) is 3.51. The fourth-order valence-corrected chi connectivity index (χ4v) is 1.54. The molecule has 0 fully saturated rings. The van der Waals surface area contributed by atoms with Gasteiger partial charge in [0.1, 0.15) is 5.82 Å². The zero-order valence-electron chi connectivity index (χ0n) is 8.92. The van der Waals surface area contributed by atoms with Crippen molar-refractivity contribution in [1.29, 1.82) is 0 Å². The SMILES string of the molecule is [N-]=[N+]=NCc1cccnc1-c1ccc(F)cc1. The molecule has 2 aromatic rings. The molecule has 0 atom stereocenters. The molecule has 0 N–H and O–H groups in total. The zero-order chi connectivity index (χ0) is 12.1. The molecule has 5 heteroatoms. The highest BCUT2D eigenvalue weighted by molar-refractivity contribution is 5.62. The Labute approximate surface area is 97.4 Å². The van der Waals surface area contributed by atoms with Gasteiger partial charge in [-0.1, -0.05) is 11.2 Å². The van der Waals surface area contributed by atoms with Gasteiger partial charge in [0.15, 0.2) is 0 Å². The van der Waals surface area contributed by atoms with Gasteiger partial charge >= 0.3 is 0 Å². The van der Waals surface area contributed by atoms with Crippen LogP contribution in [0.4, 0.5) is 4.39 Å². The summed E-state index contributed by atoms with van der Waals surface area (Å²) < 4.78 is 12.8. The van der Waals surface area contributed by atoms with Gasteiger partial charge in [0.05, 0.1) is 12.2 Å². The van der Waals surface area contributed by atoms with Crippen LogP contribution < -0.4 is 0 Å². The molecule has 0 aliphatic heterocycles. The highest BCUT2D eigenvalue weighted by Crippen LogP contribution is 2.21. The minimum Gasteiger partial charge on any atom is -0.256 e. The topological polar surface area (TPSA) is 61.7 Å². The Balaban J connectivity index is 2.43. The second-order valence-electron chi connectivity index (χ2n) is 3.41. The van der Waals surface area contributed by atoms with Gasteiger partial charge in [-0.2, -0.15) is 0 Å². The van der Waals surface area contributed by atoms with E-state index < -0.39 is 0 Å². The van der Waals surface area contributed by atoms with E-state index in [4.69, 9.17) is 5.53 Å². The van der Waals surface area contributed by atoms with Crippen LogP contribution in [0, 0.1) is 5.82 Å². The average molecular weight is 228 g/mol. The smallest absolute Gasteiger partial charge is 0.123 e. The average Bonchev–Trinajstić information content (AvgIpc) is 2.38. The van der Waals surface area contributed by atoms with E-state index in [1.165, 1.54) is 12.1 Å². The van der Waals surface area contributed by atoms with Crippen LogP contribution in [0.3, 0.4) is 0 Å². The Bertz CT molecular complexity index is 559. The van der Waals surface area contributed by atoms with Crippen LogP contribution in [0.25, 0.3) is 21.7 Å². The number of azide groups is 1. The predicted molar refractivity (Wildman–Crippen MR) is 62.5 cm³/mol. The molecule has 17 heavy (non-hydrogen) atoms. The lowest BCUT2D eigenvalue weighted by Gasteiger charge is -2.05. The molecule has 1 aromatic carbocycles. The first-order valence-corrected chi connectivity index (χ1v) is 5.02. The van der Waals surface area contributed by atoms with Crippen LogP contribution in [-0.4, -0.2) is 4.98 Å². The van der Waals surface area contributed by atoms with Crippen molar-refractivity contribution in [3.05, 3.63) is 64.4 Å². The zero-order valence-corrected chi connectivity index (χ0v) is 8.92. The maximum atomic E-state index is 12.8. The van der Waals surface area contributed by atoms with Crippen LogP contribution in [0.15, 0.2) is 47.7 Å². The second-order valence-corrected chi connectivity index (χ2v) is 3.41. The molecule has 0 saturated carbocycles. The fourth-order valence-electron chi connectivity index (χ4n) is 1.54. The van der Waals surface area contributed by atoms with E-state index in [9.17, 15) is 4.39 Å². The van der Waals surface area contributed by atoms with E-state index in [-0.39, 0.29) is 12.4 Å². The summed E-state index contributed by atoms with van der Waals surface area (Å²) in [6, 6.07) is 9.66. The summed E-state index contributed by atoms with van der Waals surface area (Å²) in [6.07, 6.45) is 1.65. The Hall–Kier alpha value is -2.39. The Morgan fingerprint density at radius 2 is 2.00 bits per heavy atom. The summed E-state index contributed by atoms with van der Waals surface area (Å²) >= 11 is 0. The summed E-state index contributed by atoms with van der Waals surface area (Å²) in [6.45, 7) is 0.233. The molecule has 0 radical (unpaired) electrons. The lowest BCUT2D eigenvalue weighted by molar-refractivity contribution is 0.628. The standard InChI is InChI=1S/C12H9FN4/c13-11-5-3-9(4-6-11)12-10(8-16-17-14)2-1-7-15-12/h1-7H,8H2. The lowest BCUT2D eigenvalue weighted by Crippen LogP contribution is -1.91. The molecule has 0 bridgehead atoms. The third kappa shape index (κ3) is 2.59. The second kappa shape index (κ2) is 5.09. The molecule has 4 nitrogen and oxygen atoms in total. The van der Waals surface area contributed by atoms with Gasteiger partial charge in [-0.15, -0.1) is 0 Å². The van der Waals surface area contributed by atoms with Gasteiger partial charge in [-0.25, -0.2) is 4.39 Å². The van der Waals surface area contributed by atoms with Crippen LogP contribution in [0.2, 0.25) is 0 Å². The molecule has 0 amide bonds. The first-order chi connectivity index (χ1) is 8.31. The normalized spacial score (nSPS) is 9.71. The minimum atomic E-state index is -0.290. The summed E-state index contributed by atoms with van der Waals surface area (Å²) in [5.74, 6) is -0.290. The monoisotopic (exact) mass is 228 g/mol. The highest BCUT2D eigenvalue weighted by Gasteiger charge is 2.05. The number of aromatic nitrogens is 1. The third-order valence-electron chi connectivity index (χ3n) is 2.31. The molecule has 1 aromatic heterocycles. The quantitative estimate of drug-likeness (QED) is 0.448. The number of halogens is 1. The van der Waals surface area contributed by atoms with Crippen molar-refractivity contribution in [2.75, 3.05) is 0 Å². The first-order valence-electron chi connectivity index (χ1n) is 5.02. The molecule has 2 rings (SSSR count). The largest absolute Gasteiger partial charge is 0.256 e. The van der Waals surface area contributed by atoms with E-state index in [2.05, 4.69) is 15.0 Å². The van der Waals surface area contributed by atoms with Gasteiger partial charge in [0.25, 0.3) is 0 Å². The van der Waals surface area contributed by atoms with E-state index in [1.807, 2.05) is 6.07 Å². The molecular formula is C12H9FN4. The Kier molecular flexibility index (Phi) is 3.33. The van der Waals surface area contributed by atoms with Crippen molar-refractivity contribution in [2.24, 2.45) is 5.11 Å². The molecule has 0 spiro atoms. The van der Waals surface area contributed by atoms with E-state index in [0.717, 1.165) is 11.1 Å². The van der Waals surface area contributed by atoms with Crippen LogP contribution in [0.1, 0.15) is 5.56 Å². The first kappa shape index (κ1) is 11.1. The maximum absolute atomic E-state index is 12.8. The number of rotatable bonds is 3. The van der Waals surface area contributed by atoms with E-state index >= 15 is 0 Å². The van der Waals surface area contributed by atoms with Crippen molar-refractivity contribution in [1.82, 2.24) is 4.98 Å². The number of benzene rings is 1. The van der Waals surface area contributed by atoms with Gasteiger partial charge in [-0.05, 0) is 41.4 Å². The highest BCUT2D eigenvalue weighted by atomic mass is 19.1. The number of hydrogen-bond donors (Lipinski definition) is 0. The van der Waals surface area contributed by atoms with Crippen LogP contribution in [-0.2, 0) is 6.54 Å². The lowest BCUT2D eigenvalue weighted by atomic mass is 10.1. The maximum Gasteiger partial charge on any atom is 0.123 e. The third-order valence-corrected chi connectivity index (χ3v) is 2.31. The van der Waals surface area contributed by atoms with Crippen molar-refractivity contribution >= 4 is 0 Å². The van der Waals surface area contributed by atoms with Crippen molar-refractivity contribution in [3.8, 4) is 11.3 Å². The molecule has 0 unspecified atom stereocenters. The van der Waals surface area contributed by atoms with Crippen molar-refractivity contribution in [3.63, 3.8) is 0 Å². The van der Waals surface area contributed by atoms with E-state index in [1.54, 1.807) is 24.4 Å². The molecule has 0 saturated heterocycles. The number of pyridine rings is 1. The molecule has 0 aliphatic carbocycles. The van der Waals surface area contributed by atoms with Gasteiger partial charge < -0.3 is 0 Å². The Morgan fingerprint density at radius 1 is 1.24 bits per heavy atom. The Morgan fingerprint density at radius 3 is 2.71 bits per heavy atom. The molecule has 84 valence electrons. The number of nitrogens with zero attached hydrogens (tertiary/aromatic N) is 4. The van der Waals surface area contributed by atoms with E-state index in [0.29, 0.717) is 5.69 Å². The molecule has 1 heterocycles. The van der Waals surface area contributed by atoms with Crippen molar-refractivity contribution in [2.45, 2.75) is 6.54 Å². The molecular weight excluding hydrogens is 219 g/mol. The van der Waals surface area contributed by atoms with Gasteiger partial charge in [0, 0.05) is 16.7 Å². The minimum absolute atomic E-state index is 0.233. The van der Waals surface area contributed by atoms with Crippen molar-refractivity contribution < 1.29 is 4.39 Å². The van der Waals surface area contributed by atoms with Crippen LogP contribution >= 0.6 is 0 Å². The summed E-state index contributed by atoms with van der Waals surface area (Å²) in [5.41, 5.74) is 10.6. The molecule has 0 aliphatic rings. The number of hydrogen-bond acceptors (Lipinski definition) is 2. The fraction of sp³-hybridized carbons (Fsp3) is 0.0833. The summed E-state index contributed by atoms with van der Waals surface area (Å²) in [7, 11) is 0. The van der Waals surface area contributed by atoms with Gasteiger partial charge in [0.2, 0.25) is 0 Å². The predicted octanol–water partition coefficient (Wildman–Crippen LogP) is 3.70. The van der Waals surface area contributed by atoms with Crippen LogP contribution in [0.5, 0.6) is 0 Å².